The topological polar surface area (TPSA) is 69.0 Å². The Morgan fingerprint density at radius 3 is 2.67 bits per heavy atom. The Kier molecular flexibility index (Phi) is 5.50. The number of carbonyl (C=O) groups is 1. The highest BCUT2D eigenvalue weighted by Crippen LogP contribution is 2.35. The van der Waals surface area contributed by atoms with Gasteiger partial charge in [-0.2, -0.15) is 18.3 Å². The van der Waals surface area contributed by atoms with Crippen LogP contribution in [0.4, 0.5) is 18.9 Å². The van der Waals surface area contributed by atoms with Gasteiger partial charge < -0.3 is 10.1 Å². The highest BCUT2D eigenvalue weighted by atomic mass is 19.4. The fourth-order valence-corrected chi connectivity index (χ4v) is 3.27. The Morgan fingerprint density at radius 1 is 1.33 bits per heavy atom. The summed E-state index contributed by atoms with van der Waals surface area (Å²) in [7, 11) is 0. The van der Waals surface area contributed by atoms with E-state index in [0.29, 0.717) is 24.6 Å². The fourth-order valence-electron chi connectivity index (χ4n) is 3.27. The van der Waals surface area contributed by atoms with Crippen LogP contribution in [0, 0.1) is 19.8 Å². The maximum atomic E-state index is 13.6. The van der Waals surface area contributed by atoms with Crippen molar-refractivity contribution >= 4 is 11.6 Å². The van der Waals surface area contributed by atoms with Crippen LogP contribution in [0.5, 0.6) is 0 Å². The summed E-state index contributed by atoms with van der Waals surface area (Å²) >= 11 is 0. The van der Waals surface area contributed by atoms with Gasteiger partial charge in [-0.1, -0.05) is 0 Å². The number of hydrogen-bond donors (Lipinski definition) is 1. The van der Waals surface area contributed by atoms with Crippen molar-refractivity contribution in [3.63, 3.8) is 0 Å². The minimum atomic E-state index is -4.67. The number of halogens is 3. The van der Waals surface area contributed by atoms with Crippen molar-refractivity contribution in [2.75, 3.05) is 18.5 Å². The van der Waals surface area contributed by atoms with Crippen molar-refractivity contribution in [3.05, 3.63) is 41.0 Å². The molecular weight excluding hydrogens is 361 g/mol. The lowest BCUT2D eigenvalue weighted by atomic mass is 10.0. The molecule has 0 aromatic carbocycles. The predicted octanol–water partition coefficient (Wildman–Crippen LogP) is 3.59. The van der Waals surface area contributed by atoms with E-state index in [4.69, 9.17) is 4.74 Å². The highest BCUT2D eigenvalue weighted by molar-refractivity contribution is 6.04. The number of nitrogens with zero attached hydrogens (tertiary/aromatic N) is 3. The minimum Gasteiger partial charge on any atom is -0.381 e. The summed E-state index contributed by atoms with van der Waals surface area (Å²) in [4.78, 5) is 16.8. The number of pyridine rings is 1. The van der Waals surface area contributed by atoms with E-state index in [2.05, 4.69) is 15.4 Å². The molecule has 1 saturated heterocycles. The third kappa shape index (κ3) is 4.47. The third-order valence-electron chi connectivity index (χ3n) is 4.55. The summed E-state index contributed by atoms with van der Waals surface area (Å²) < 4.78 is 47.3. The van der Waals surface area contributed by atoms with Crippen LogP contribution in [-0.4, -0.2) is 33.9 Å². The van der Waals surface area contributed by atoms with Crippen LogP contribution in [0.15, 0.2) is 18.3 Å². The third-order valence-corrected chi connectivity index (χ3v) is 4.55. The van der Waals surface area contributed by atoms with Gasteiger partial charge in [-0.3, -0.25) is 14.5 Å². The van der Waals surface area contributed by atoms with Gasteiger partial charge in [-0.05, 0) is 44.7 Å². The molecule has 0 atom stereocenters. The van der Waals surface area contributed by atoms with Crippen molar-refractivity contribution in [1.29, 1.82) is 0 Å². The van der Waals surface area contributed by atoms with Crippen molar-refractivity contribution in [3.8, 4) is 0 Å². The van der Waals surface area contributed by atoms with E-state index in [1.54, 1.807) is 13.0 Å². The lowest BCUT2D eigenvalue weighted by molar-refractivity contribution is -0.138. The summed E-state index contributed by atoms with van der Waals surface area (Å²) in [5.41, 5.74) is -0.614. The average Bonchev–Trinajstić information content (AvgIpc) is 2.92. The maximum absolute atomic E-state index is 13.6. The van der Waals surface area contributed by atoms with Gasteiger partial charge in [0.1, 0.15) is 11.3 Å². The number of carbonyl (C=O) groups excluding carboxylic acids is 1. The number of alkyl halides is 3. The number of hydrogen-bond acceptors (Lipinski definition) is 4. The molecule has 3 heterocycles. The van der Waals surface area contributed by atoms with E-state index < -0.39 is 23.3 Å². The molecule has 2 aromatic rings. The first kappa shape index (κ1) is 19.3. The van der Waals surface area contributed by atoms with Gasteiger partial charge >= 0.3 is 6.18 Å². The van der Waals surface area contributed by atoms with Gasteiger partial charge in [0, 0.05) is 37.3 Å². The number of amides is 1. The van der Waals surface area contributed by atoms with E-state index in [1.807, 2.05) is 0 Å². The summed E-state index contributed by atoms with van der Waals surface area (Å²) in [6.07, 6.45) is -1.73. The molecule has 1 aliphatic heterocycles. The first-order valence-corrected chi connectivity index (χ1v) is 8.72. The molecule has 0 bridgehead atoms. The molecule has 0 radical (unpaired) electrons. The first-order valence-electron chi connectivity index (χ1n) is 8.72. The summed E-state index contributed by atoms with van der Waals surface area (Å²) in [6, 6.07) is 3.13. The monoisotopic (exact) mass is 382 g/mol. The van der Waals surface area contributed by atoms with Crippen LogP contribution >= 0.6 is 0 Å². The molecular formula is C18H21F3N4O2. The van der Waals surface area contributed by atoms with E-state index in [-0.39, 0.29) is 18.2 Å². The lowest BCUT2D eigenvalue weighted by Crippen LogP contribution is -2.26. The van der Waals surface area contributed by atoms with Crippen molar-refractivity contribution < 1.29 is 22.7 Å². The Balaban J connectivity index is 1.95. The predicted molar refractivity (Wildman–Crippen MR) is 92.4 cm³/mol. The van der Waals surface area contributed by atoms with Gasteiger partial charge in [0.25, 0.3) is 5.91 Å². The van der Waals surface area contributed by atoms with Gasteiger partial charge in [-0.25, -0.2) is 0 Å². The number of aryl methyl sites for hydroxylation is 2. The SMILES string of the molecule is Cc1cc(NC(=O)c2c(C(F)(F)F)c(C)nn2CC2CCOCC2)ccn1. The molecule has 0 unspecified atom stereocenters. The highest BCUT2D eigenvalue weighted by Gasteiger charge is 2.41. The van der Waals surface area contributed by atoms with Gasteiger partial charge in [0.2, 0.25) is 0 Å². The molecule has 1 aliphatic rings. The standard InChI is InChI=1S/C18H21F3N4O2/c1-11-9-14(3-6-22-11)23-17(26)16-15(18(19,20)21)12(2)24-25(16)10-13-4-7-27-8-5-13/h3,6,9,13H,4-5,7-8,10H2,1-2H3,(H,22,23,26). The number of ether oxygens (including phenoxy) is 1. The van der Waals surface area contributed by atoms with Gasteiger partial charge in [0.15, 0.2) is 0 Å². The van der Waals surface area contributed by atoms with Crippen LogP contribution in [0.1, 0.15) is 40.3 Å². The zero-order valence-electron chi connectivity index (χ0n) is 15.1. The van der Waals surface area contributed by atoms with Crippen LogP contribution in [0.2, 0.25) is 0 Å². The second-order valence-corrected chi connectivity index (χ2v) is 6.68. The maximum Gasteiger partial charge on any atom is 0.420 e. The minimum absolute atomic E-state index is 0.119. The second-order valence-electron chi connectivity index (χ2n) is 6.68. The van der Waals surface area contributed by atoms with Gasteiger partial charge in [0.05, 0.1) is 5.69 Å². The summed E-state index contributed by atoms with van der Waals surface area (Å²) in [5, 5.41) is 6.57. The van der Waals surface area contributed by atoms with E-state index in [1.165, 1.54) is 23.9 Å². The quantitative estimate of drug-likeness (QED) is 0.877. The largest absolute Gasteiger partial charge is 0.420 e. The van der Waals surface area contributed by atoms with Crippen LogP contribution < -0.4 is 5.32 Å². The Labute approximate surface area is 154 Å². The summed E-state index contributed by atoms with van der Waals surface area (Å²) in [5.74, 6) is -0.713. The molecule has 0 saturated carbocycles. The van der Waals surface area contributed by atoms with Crippen molar-refractivity contribution in [2.45, 2.75) is 39.4 Å². The molecule has 146 valence electrons. The van der Waals surface area contributed by atoms with E-state index in [9.17, 15) is 18.0 Å². The lowest BCUT2D eigenvalue weighted by Gasteiger charge is -2.22. The van der Waals surface area contributed by atoms with Crippen LogP contribution in [0.3, 0.4) is 0 Å². The Bertz CT molecular complexity index is 826. The molecule has 9 heteroatoms. The molecule has 1 amide bonds. The number of aromatic nitrogens is 3. The first-order chi connectivity index (χ1) is 12.8. The number of rotatable bonds is 4. The number of anilines is 1. The number of nitrogens with one attached hydrogen (secondary N) is 1. The van der Waals surface area contributed by atoms with Crippen LogP contribution in [0.25, 0.3) is 0 Å². The smallest absolute Gasteiger partial charge is 0.381 e. The Hall–Kier alpha value is -2.42. The molecule has 1 fully saturated rings. The normalized spacial score (nSPS) is 15.7. The van der Waals surface area contributed by atoms with Crippen LogP contribution in [-0.2, 0) is 17.5 Å². The average molecular weight is 382 g/mol. The Morgan fingerprint density at radius 2 is 2.04 bits per heavy atom. The zero-order chi connectivity index (χ0) is 19.6. The van der Waals surface area contributed by atoms with Gasteiger partial charge in [-0.15, -0.1) is 0 Å². The molecule has 27 heavy (non-hydrogen) atoms. The molecule has 1 N–H and O–H groups in total. The molecule has 0 spiro atoms. The zero-order valence-corrected chi connectivity index (χ0v) is 15.1. The molecule has 2 aromatic heterocycles. The molecule has 3 rings (SSSR count). The second kappa shape index (κ2) is 7.67. The van der Waals surface area contributed by atoms with E-state index >= 15 is 0 Å². The van der Waals surface area contributed by atoms with Crippen molar-refractivity contribution in [2.24, 2.45) is 5.92 Å². The van der Waals surface area contributed by atoms with E-state index in [0.717, 1.165) is 12.8 Å². The molecule has 0 aliphatic carbocycles. The summed E-state index contributed by atoms with van der Waals surface area (Å²) in [6.45, 7) is 4.38. The van der Waals surface area contributed by atoms with Crippen molar-refractivity contribution in [1.82, 2.24) is 14.8 Å². The fraction of sp³-hybridized carbons (Fsp3) is 0.500. The molecule has 6 nitrogen and oxygen atoms in total.